The number of carbonyl (C=O) groups excluding carboxylic acids is 4. The van der Waals surface area contributed by atoms with Gasteiger partial charge in [0.2, 0.25) is 0 Å². The first kappa shape index (κ1) is 98.7. The Balaban J connectivity index is 0. The van der Waals surface area contributed by atoms with Gasteiger partial charge in [0.15, 0.2) is 0 Å². The summed E-state index contributed by atoms with van der Waals surface area (Å²) >= 11 is 0. The highest BCUT2D eigenvalue weighted by Gasteiger charge is 2.16. The van der Waals surface area contributed by atoms with Gasteiger partial charge in [-0.2, -0.15) is 0 Å². The molecule has 0 atom stereocenters. The molecular weight excluding hydrogens is 1240 g/mol. The molecule has 0 aromatic rings. The molecule has 0 spiro atoms. The second-order valence-corrected chi connectivity index (χ2v) is 28.9. The summed E-state index contributed by atoms with van der Waals surface area (Å²) in [5.41, 5.74) is 0. The number of hydrogen-bond acceptors (Lipinski definition) is 12. The van der Waals surface area contributed by atoms with Gasteiger partial charge in [-0.3, -0.25) is 19.2 Å². The van der Waals surface area contributed by atoms with Gasteiger partial charge in [-0.15, -0.1) is 0 Å². The van der Waals surface area contributed by atoms with E-state index < -0.39 is 0 Å². The molecule has 0 aromatic carbocycles. The first-order chi connectivity index (χ1) is 49.1. The van der Waals surface area contributed by atoms with Crippen molar-refractivity contribution in [2.45, 2.75) is 426 Å². The molecule has 12 heteroatoms. The normalized spacial score (nSPS) is 11.9. The highest BCUT2D eigenvalue weighted by Crippen LogP contribution is 2.19. The molecule has 2 N–H and O–H groups in total. The Hall–Kier alpha value is -3.32. The molecule has 0 heterocycles. The lowest BCUT2D eigenvalue weighted by molar-refractivity contribution is -0.150. The van der Waals surface area contributed by atoms with Gasteiger partial charge in [-0.05, 0) is 167 Å². The van der Waals surface area contributed by atoms with E-state index in [1.54, 1.807) is 0 Å². The van der Waals surface area contributed by atoms with Gasteiger partial charge in [0.1, 0.15) is 12.2 Å². The summed E-state index contributed by atoms with van der Waals surface area (Å²) in [7, 11) is 0. The predicted molar refractivity (Wildman–Crippen MR) is 427 cm³/mol. The zero-order chi connectivity index (χ0) is 73.2. The summed E-state index contributed by atoms with van der Waals surface area (Å²) in [4.78, 5) is 54.1. The number of aliphatic hydroxyl groups is 2. The average Bonchev–Trinajstić information content (AvgIpc) is 2.17. The zero-order valence-corrected chi connectivity index (χ0v) is 66.9. The van der Waals surface area contributed by atoms with Gasteiger partial charge >= 0.3 is 23.9 Å². The van der Waals surface area contributed by atoms with Crippen molar-refractivity contribution < 1.29 is 48.3 Å². The number of nitrogens with zero attached hydrogens (tertiary/aromatic N) is 2. The maximum Gasteiger partial charge on any atom is 0.306 e. The van der Waals surface area contributed by atoms with Crippen LogP contribution < -0.4 is 0 Å². The summed E-state index contributed by atoms with van der Waals surface area (Å²) in [5, 5.41) is 19.1. The van der Waals surface area contributed by atoms with Gasteiger partial charge in [-0.25, -0.2) is 0 Å². The van der Waals surface area contributed by atoms with Crippen molar-refractivity contribution in [3.8, 4) is 0 Å². The molecule has 12 nitrogen and oxygen atoms in total. The summed E-state index contributed by atoms with van der Waals surface area (Å²) < 4.78 is 22.7. The lowest BCUT2D eigenvalue weighted by Crippen LogP contribution is -2.29. The standard InChI is InChI=1S/2C44H83NO5/c1-4-7-10-13-16-25-32-41-49-43(47)35-28-21-17-23-30-37-45(39-40-46)38-31-24-18-22-29-36-44(48)50-42(33-26-19-14-11-8-5-2)34-27-20-15-12-9-6-3;1-4-7-10-13-16-17-18-24-32-41-49-43(47)35-29-25-31-38-45(39-40-46)37-30-23-19-22-28-36-44(48)50-42(33-26-20-14-11-8-5-2)34-27-21-15-12-9-6-3/h14-15,19-20,42,46H,4-13,16-18,21-41H2,1-3H3;14-15,20-21,42,46H,4-13,16-19,22-41H2,1-3H3/b19-14-,20-15-;20-14-,21-15-. The third kappa shape index (κ3) is 78.8. The fraction of sp³-hybridized carbons (Fsp3) is 0.864. The van der Waals surface area contributed by atoms with Crippen molar-refractivity contribution in [3.05, 3.63) is 48.6 Å². The lowest BCUT2D eigenvalue weighted by Gasteiger charge is -2.21. The van der Waals surface area contributed by atoms with Crippen LogP contribution in [0.25, 0.3) is 0 Å². The van der Waals surface area contributed by atoms with Crippen molar-refractivity contribution in [2.75, 3.05) is 65.7 Å². The highest BCUT2D eigenvalue weighted by molar-refractivity contribution is 5.70. The van der Waals surface area contributed by atoms with Crippen molar-refractivity contribution >= 4 is 23.9 Å². The van der Waals surface area contributed by atoms with E-state index in [-0.39, 0.29) is 49.3 Å². The Labute approximate surface area is 619 Å². The number of carbonyl (C=O) groups is 4. The second kappa shape index (κ2) is 84.6. The molecule has 0 rings (SSSR count). The number of rotatable bonds is 78. The Morgan fingerprint density at radius 2 is 0.480 bits per heavy atom. The fourth-order valence-corrected chi connectivity index (χ4v) is 12.5. The van der Waals surface area contributed by atoms with E-state index in [4.69, 9.17) is 18.9 Å². The van der Waals surface area contributed by atoms with Crippen molar-refractivity contribution in [1.29, 1.82) is 0 Å². The Morgan fingerprint density at radius 3 is 0.750 bits per heavy atom. The Kier molecular flexibility index (Phi) is 83.5. The molecule has 0 saturated heterocycles. The number of allylic oxidation sites excluding steroid dienone is 8. The van der Waals surface area contributed by atoms with Crippen molar-refractivity contribution in [2.24, 2.45) is 0 Å². The molecule has 588 valence electrons. The van der Waals surface area contributed by atoms with Crippen LogP contribution in [0.15, 0.2) is 48.6 Å². The van der Waals surface area contributed by atoms with Gasteiger partial charge in [0.05, 0.1) is 26.4 Å². The molecule has 0 aromatic heterocycles. The van der Waals surface area contributed by atoms with Crippen LogP contribution >= 0.6 is 0 Å². The van der Waals surface area contributed by atoms with E-state index >= 15 is 0 Å². The van der Waals surface area contributed by atoms with E-state index in [0.717, 1.165) is 245 Å². The molecule has 0 aliphatic carbocycles. The summed E-state index contributed by atoms with van der Waals surface area (Å²) in [5.74, 6) is -0.165. The highest BCUT2D eigenvalue weighted by atomic mass is 16.6. The number of hydrogen-bond donors (Lipinski definition) is 2. The molecular formula is C88H166N2O10. The molecule has 0 fully saturated rings. The zero-order valence-electron chi connectivity index (χ0n) is 66.9. The minimum absolute atomic E-state index is 0.00912. The van der Waals surface area contributed by atoms with E-state index in [2.05, 4.69) is 100.0 Å². The van der Waals surface area contributed by atoms with E-state index in [0.29, 0.717) is 45.4 Å². The van der Waals surface area contributed by atoms with Crippen LogP contribution in [-0.4, -0.2) is 122 Å². The largest absolute Gasteiger partial charge is 0.466 e. The van der Waals surface area contributed by atoms with E-state index in [1.165, 1.54) is 135 Å². The molecule has 0 aliphatic rings. The third-order valence-corrected chi connectivity index (χ3v) is 19.1. The monoisotopic (exact) mass is 1410 g/mol. The van der Waals surface area contributed by atoms with Gasteiger partial charge < -0.3 is 39.0 Å². The topological polar surface area (TPSA) is 152 Å². The van der Waals surface area contributed by atoms with Crippen LogP contribution in [0.3, 0.4) is 0 Å². The molecule has 0 bridgehead atoms. The SMILES string of the molecule is CCCC/C=C\CCC(CC/C=C\CCCC)OC(=O)CCCCCCCN(CCO)CCCCCC(=O)OCCCCCCCCCCC.CCCC/C=C\CCC(CC/C=C\CCCC)OC(=O)CCCCCCCN(CCO)CCCCCCCC(=O)OCCCCCCCCC. The molecule has 100 heavy (non-hydrogen) atoms. The molecule has 0 unspecified atom stereocenters. The van der Waals surface area contributed by atoms with Gasteiger partial charge in [0, 0.05) is 38.8 Å². The minimum Gasteiger partial charge on any atom is -0.466 e. The first-order valence-corrected chi connectivity index (χ1v) is 43.1. The quantitative estimate of drug-likeness (QED) is 0.0258. The lowest BCUT2D eigenvalue weighted by atomic mass is 10.1. The number of ether oxygens (including phenoxy) is 4. The molecule has 0 amide bonds. The third-order valence-electron chi connectivity index (χ3n) is 19.1. The van der Waals surface area contributed by atoms with E-state index in [9.17, 15) is 29.4 Å². The molecule has 0 radical (unpaired) electrons. The molecule has 0 saturated carbocycles. The number of aliphatic hydroxyl groups excluding tert-OH is 2. The van der Waals surface area contributed by atoms with Crippen LogP contribution in [0.5, 0.6) is 0 Å². The number of unbranched alkanes of at least 4 members (excludes halogenated alkanes) is 36. The smallest absolute Gasteiger partial charge is 0.306 e. The van der Waals surface area contributed by atoms with Crippen LogP contribution in [0.4, 0.5) is 0 Å². The van der Waals surface area contributed by atoms with E-state index in [1.807, 2.05) is 0 Å². The second-order valence-electron chi connectivity index (χ2n) is 28.9. The maximum atomic E-state index is 12.6. The average molecular weight is 1410 g/mol. The molecule has 0 aliphatic heterocycles. The van der Waals surface area contributed by atoms with Crippen LogP contribution in [-0.2, 0) is 38.1 Å². The fourth-order valence-electron chi connectivity index (χ4n) is 12.5. The summed E-state index contributed by atoms with van der Waals surface area (Å²) in [6, 6.07) is 0. The summed E-state index contributed by atoms with van der Waals surface area (Å²) in [6.07, 6.45) is 81.3. The van der Waals surface area contributed by atoms with Crippen molar-refractivity contribution in [3.63, 3.8) is 0 Å². The summed E-state index contributed by atoms with van der Waals surface area (Å²) in [6.45, 7) is 20.3. The Bertz CT molecular complexity index is 1780. The Morgan fingerprint density at radius 1 is 0.260 bits per heavy atom. The minimum atomic E-state index is -0.0546. The van der Waals surface area contributed by atoms with Crippen LogP contribution in [0.1, 0.15) is 414 Å². The van der Waals surface area contributed by atoms with Gasteiger partial charge in [0.25, 0.3) is 0 Å². The van der Waals surface area contributed by atoms with Crippen LogP contribution in [0.2, 0.25) is 0 Å². The first-order valence-electron chi connectivity index (χ1n) is 43.1. The van der Waals surface area contributed by atoms with Crippen LogP contribution in [0, 0.1) is 0 Å². The van der Waals surface area contributed by atoms with Gasteiger partial charge in [-0.1, -0.05) is 296 Å². The van der Waals surface area contributed by atoms with Crippen molar-refractivity contribution in [1.82, 2.24) is 9.80 Å². The predicted octanol–water partition coefficient (Wildman–Crippen LogP) is 24.4. The number of esters is 4. The maximum absolute atomic E-state index is 12.6.